The molecular weight excluding hydrogens is 308 g/mol. The fraction of sp³-hybridized carbons (Fsp3) is 0.538. The van der Waals surface area contributed by atoms with E-state index >= 15 is 0 Å². The summed E-state index contributed by atoms with van der Waals surface area (Å²) in [5.74, 6) is 0. The van der Waals surface area contributed by atoms with Crippen molar-refractivity contribution < 1.29 is 5.11 Å². The molecule has 0 amide bonds. The maximum Gasteiger partial charge on any atom is 0.101 e. The Labute approximate surface area is 121 Å². The zero-order chi connectivity index (χ0) is 14.2. The van der Waals surface area contributed by atoms with Crippen LogP contribution in [0.25, 0.3) is 0 Å². The molecule has 0 bridgehead atoms. The molecule has 104 valence electrons. The molecule has 0 aromatic carbocycles. The third kappa shape index (κ3) is 2.74. The molecule has 2 aromatic heterocycles. The summed E-state index contributed by atoms with van der Waals surface area (Å²) in [4.78, 5) is 4.12. The number of rotatable bonds is 4. The van der Waals surface area contributed by atoms with Gasteiger partial charge in [-0.25, -0.2) is 4.98 Å². The number of halogens is 1. The normalized spacial score (nSPS) is 13.2. The van der Waals surface area contributed by atoms with Crippen LogP contribution in [0, 0.1) is 6.92 Å². The third-order valence-corrected chi connectivity index (χ3v) is 4.27. The van der Waals surface area contributed by atoms with E-state index in [1.54, 1.807) is 17.2 Å². The zero-order valence-corrected chi connectivity index (χ0v) is 13.2. The molecule has 5 nitrogen and oxygen atoms in total. The van der Waals surface area contributed by atoms with E-state index in [9.17, 15) is 5.11 Å². The Bertz CT molecular complexity index is 573. The lowest BCUT2D eigenvalue weighted by Crippen LogP contribution is -2.12. The Hall–Kier alpha value is -1.14. The molecule has 0 spiro atoms. The summed E-state index contributed by atoms with van der Waals surface area (Å²) in [6.45, 7) is 6.09. The standard InChI is InChI=1S/C13H19BrN4O/c1-8(2)18-7-15-6-11(18)12(19)5-10-13(14)9(3)16-17(10)4/h6-8,12,19H,5H2,1-4H3. The van der Waals surface area contributed by atoms with Crippen molar-refractivity contribution in [3.63, 3.8) is 0 Å². The summed E-state index contributed by atoms with van der Waals surface area (Å²) in [5, 5.41) is 14.8. The minimum Gasteiger partial charge on any atom is -0.386 e. The van der Waals surface area contributed by atoms with Gasteiger partial charge in [0, 0.05) is 19.5 Å². The van der Waals surface area contributed by atoms with Crippen LogP contribution in [0.1, 0.15) is 43.1 Å². The fourth-order valence-corrected chi connectivity index (χ4v) is 2.69. The van der Waals surface area contributed by atoms with Crippen molar-refractivity contribution in [2.45, 2.75) is 39.3 Å². The van der Waals surface area contributed by atoms with Crippen LogP contribution < -0.4 is 0 Å². The maximum atomic E-state index is 10.4. The van der Waals surface area contributed by atoms with Crippen LogP contribution in [-0.2, 0) is 13.5 Å². The highest BCUT2D eigenvalue weighted by molar-refractivity contribution is 9.10. The van der Waals surface area contributed by atoms with Gasteiger partial charge in [-0.3, -0.25) is 4.68 Å². The minimum absolute atomic E-state index is 0.281. The van der Waals surface area contributed by atoms with E-state index in [2.05, 4.69) is 39.9 Å². The second-order valence-electron chi connectivity index (χ2n) is 5.01. The van der Waals surface area contributed by atoms with Gasteiger partial charge in [0.25, 0.3) is 0 Å². The molecular formula is C13H19BrN4O. The Balaban J connectivity index is 2.26. The molecule has 1 atom stereocenters. The smallest absolute Gasteiger partial charge is 0.101 e. The molecule has 1 N–H and O–H groups in total. The molecule has 0 radical (unpaired) electrons. The number of hydrogen-bond donors (Lipinski definition) is 1. The summed E-state index contributed by atoms with van der Waals surface area (Å²) in [7, 11) is 1.89. The lowest BCUT2D eigenvalue weighted by Gasteiger charge is -2.16. The van der Waals surface area contributed by atoms with E-state index < -0.39 is 6.10 Å². The SMILES string of the molecule is Cc1nn(C)c(CC(O)c2cncn2C(C)C)c1Br. The van der Waals surface area contributed by atoms with Gasteiger partial charge >= 0.3 is 0 Å². The summed E-state index contributed by atoms with van der Waals surface area (Å²) in [6, 6.07) is 0.281. The Morgan fingerprint density at radius 1 is 1.42 bits per heavy atom. The molecule has 0 aliphatic rings. The van der Waals surface area contributed by atoms with Crippen molar-refractivity contribution in [2.75, 3.05) is 0 Å². The molecule has 0 saturated heterocycles. The molecule has 6 heteroatoms. The fourth-order valence-electron chi connectivity index (χ4n) is 2.19. The van der Waals surface area contributed by atoms with Gasteiger partial charge in [-0.15, -0.1) is 0 Å². The molecule has 0 saturated carbocycles. The van der Waals surface area contributed by atoms with Crippen molar-refractivity contribution in [1.82, 2.24) is 19.3 Å². The maximum absolute atomic E-state index is 10.4. The van der Waals surface area contributed by atoms with E-state index in [-0.39, 0.29) is 6.04 Å². The first kappa shape index (κ1) is 14.3. The molecule has 0 aliphatic heterocycles. The average molecular weight is 327 g/mol. The molecule has 2 rings (SSSR count). The quantitative estimate of drug-likeness (QED) is 0.939. The molecule has 0 fully saturated rings. The van der Waals surface area contributed by atoms with Crippen molar-refractivity contribution in [3.05, 3.63) is 34.1 Å². The van der Waals surface area contributed by atoms with Crippen molar-refractivity contribution in [2.24, 2.45) is 7.05 Å². The predicted octanol–water partition coefficient (Wildman–Crippen LogP) is 2.54. The number of nitrogens with zero attached hydrogens (tertiary/aromatic N) is 4. The van der Waals surface area contributed by atoms with Gasteiger partial charge in [0.2, 0.25) is 0 Å². The second-order valence-corrected chi connectivity index (χ2v) is 5.80. The molecule has 19 heavy (non-hydrogen) atoms. The van der Waals surface area contributed by atoms with Crippen molar-refractivity contribution >= 4 is 15.9 Å². The van der Waals surface area contributed by atoms with Crippen LogP contribution in [0.4, 0.5) is 0 Å². The van der Waals surface area contributed by atoms with E-state index in [1.807, 2.05) is 18.5 Å². The van der Waals surface area contributed by atoms with Gasteiger partial charge in [0.1, 0.15) is 6.10 Å². The first-order valence-corrected chi connectivity index (χ1v) is 7.08. The summed E-state index contributed by atoms with van der Waals surface area (Å²) < 4.78 is 4.75. The highest BCUT2D eigenvalue weighted by Gasteiger charge is 2.19. The number of aryl methyl sites for hydroxylation is 2. The monoisotopic (exact) mass is 326 g/mol. The van der Waals surface area contributed by atoms with Gasteiger partial charge < -0.3 is 9.67 Å². The van der Waals surface area contributed by atoms with Gasteiger partial charge in [-0.05, 0) is 36.7 Å². The van der Waals surface area contributed by atoms with Gasteiger partial charge in [0.15, 0.2) is 0 Å². The number of aliphatic hydroxyl groups excluding tert-OH is 1. The summed E-state index contributed by atoms with van der Waals surface area (Å²) in [6.07, 6.45) is 3.40. The lowest BCUT2D eigenvalue weighted by molar-refractivity contribution is 0.164. The average Bonchev–Trinajstić information content (AvgIpc) is 2.90. The van der Waals surface area contributed by atoms with Crippen LogP contribution in [0.3, 0.4) is 0 Å². The van der Waals surface area contributed by atoms with Crippen molar-refractivity contribution in [3.8, 4) is 0 Å². The summed E-state index contributed by atoms with van der Waals surface area (Å²) in [5.41, 5.74) is 2.75. The highest BCUT2D eigenvalue weighted by atomic mass is 79.9. The van der Waals surface area contributed by atoms with E-state index in [0.717, 1.165) is 21.6 Å². The molecule has 1 unspecified atom stereocenters. The van der Waals surface area contributed by atoms with E-state index in [1.165, 1.54) is 0 Å². The van der Waals surface area contributed by atoms with Crippen LogP contribution in [0.15, 0.2) is 17.0 Å². The predicted molar refractivity (Wildman–Crippen MR) is 76.9 cm³/mol. The summed E-state index contributed by atoms with van der Waals surface area (Å²) >= 11 is 3.52. The Morgan fingerprint density at radius 3 is 2.63 bits per heavy atom. The van der Waals surface area contributed by atoms with Gasteiger partial charge in [-0.2, -0.15) is 5.10 Å². The van der Waals surface area contributed by atoms with Crippen LogP contribution in [-0.4, -0.2) is 24.4 Å². The number of imidazole rings is 1. The first-order valence-electron chi connectivity index (χ1n) is 6.29. The van der Waals surface area contributed by atoms with Crippen molar-refractivity contribution in [1.29, 1.82) is 0 Å². The topological polar surface area (TPSA) is 55.9 Å². The molecule has 0 aliphatic carbocycles. The molecule has 2 aromatic rings. The number of aromatic nitrogens is 4. The van der Waals surface area contributed by atoms with E-state index in [4.69, 9.17) is 0 Å². The largest absolute Gasteiger partial charge is 0.386 e. The Kier molecular flexibility index (Phi) is 4.10. The highest BCUT2D eigenvalue weighted by Crippen LogP contribution is 2.26. The first-order chi connectivity index (χ1) is 8.91. The second kappa shape index (κ2) is 5.46. The van der Waals surface area contributed by atoms with Crippen LogP contribution >= 0.6 is 15.9 Å². The minimum atomic E-state index is -0.587. The van der Waals surface area contributed by atoms with Gasteiger partial charge in [0.05, 0.1) is 34.1 Å². The van der Waals surface area contributed by atoms with Gasteiger partial charge in [-0.1, -0.05) is 0 Å². The number of aliphatic hydroxyl groups is 1. The van der Waals surface area contributed by atoms with E-state index in [0.29, 0.717) is 6.42 Å². The van der Waals surface area contributed by atoms with Crippen LogP contribution in [0.5, 0.6) is 0 Å². The third-order valence-electron chi connectivity index (χ3n) is 3.24. The lowest BCUT2D eigenvalue weighted by atomic mass is 10.1. The van der Waals surface area contributed by atoms with Crippen LogP contribution in [0.2, 0.25) is 0 Å². The molecule has 2 heterocycles. The zero-order valence-electron chi connectivity index (χ0n) is 11.6. The Morgan fingerprint density at radius 2 is 2.11 bits per heavy atom. The number of hydrogen-bond acceptors (Lipinski definition) is 3.